The molecule has 0 spiro atoms. The van der Waals surface area contributed by atoms with Crippen LogP contribution in [0.4, 0.5) is 0 Å². The highest BCUT2D eigenvalue weighted by Crippen LogP contribution is 2.42. The standard InChI is InChI=1S/C12H19NS2/c1-2-9-6-12(11(9)3-1)13-7-10-8-14-4-5-15-10/h1,3,9-13H,2,4-8H2. The third kappa shape index (κ3) is 2.25. The lowest BCUT2D eigenvalue weighted by Gasteiger charge is -2.41. The largest absolute Gasteiger partial charge is 0.312 e. The Morgan fingerprint density at radius 1 is 1.33 bits per heavy atom. The highest BCUT2D eigenvalue weighted by Gasteiger charge is 2.40. The molecular weight excluding hydrogens is 222 g/mol. The zero-order chi connectivity index (χ0) is 10.1. The summed E-state index contributed by atoms with van der Waals surface area (Å²) in [4.78, 5) is 0. The maximum atomic E-state index is 3.77. The smallest absolute Gasteiger partial charge is 0.0263 e. The van der Waals surface area contributed by atoms with E-state index < -0.39 is 0 Å². The van der Waals surface area contributed by atoms with E-state index in [1.54, 1.807) is 0 Å². The van der Waals surface area contributed by atoms with Crippen LogP contribution in [0.1, 0.15) is 12.8 Å². The molecule has 1 N–H and O–H groups in total. The molecular formula is C12H19NS2. The molecule has 1 nitrogen and oxygen atoms in total. The van der Waals surface area contributed by atoms with E-state index in [-0.39, 0.29) is 0 Å². The van der Waals surface area contributed by atoms with Gasteiger partial charge in [-0.1, -0.05) is 12.2 Å². The van der Waals surface area contributed by atoms with Gasteiger partial charge in [-0.2, -0.15) is 23.5 Å². The van der Waals surface area contributed by atoms with Crippen molar-refractivity contribution in [1.82, 2.24) is 5.32 Å². The maximum absolute atomic E-state index is 3.77. The van der Waals surface area contributed by atoms with Crippen LogP contribution in [0.5, 0.6) is 0 Å². The molecule has 1 aliphatic heterocycles. The van der Waals surface area contributed by atoms with Crippen LogP contribution in [-0.4, -0.2) is 35.1 Å². The van der Waals surface area contributed by atoms with Gasteiger partial charge >= 0.3 is 0 Å². The van der Waals surface area contributed by atoms with Gasteiger partial charge in [0.1, 0.15) is 0 Å². The van der Waals surface area contributed by atoms with Gasteiger partial charge < -0.3 is 5.32 Å². The molecule has 0 aromatic rings. The van der Waals surface area contributed by atoms with Crippen molar-refractivity contribution in [2.75, 3.05) is 23.8 Å². The summed E-state index contributed by atoms with van der Waals surface area (Å²) in [5, 5.41) is 4.64. The first-order valence-corrected chi connectivity index (χ1v) is 8.23. The molecule has 4 unspecified atom stereocenters. The third-order valence-corrected chi connectivity index (χ3v) is 6.70. The molecule has 0 radical (unpaired) electrons. The average Bonchev–Trinajstić information content (AvgIpc) is 2.62. The molecule has 15 heavy (non-hydrogen) atoms. The Kier molecular flexibility index (Phi) is 3.32. The fourth-order valence-electron chi connectivity index (χ4n) is 2.88. The van der Waals surface area contributed by atoms with E-state index in [2.05, 4.69) is 41.0 Å². The lowest BCUT2D eigenvalue weighted by atomic mass is 9.71. The van der Waals surface area contributed by atoms with E-state index in [1.165, 1.54) is 36.6 Å². The van der Waals surface area contributed by atoms with Gasteiger partial charge in [0.25, 0.3) is 0 Å². The first-order valence-electron chi connectivity index (χ1n) is 6.03. The van der Waals surface area contributed by atoms with Crippen LogP contribution in [-0.2, 0) is 0 Å². The number of thioether (sulfide) groups is 2. The molecule has 84 valence electrons. The zero-order valence-electron chi connectivity index (χ0n) is 9.02. The van der Waals surface area contributed by atoms with Gasteiger partial charge in [-0.05, 0) is 24.7 Å². The van der Waals surface area contributed by atoms with Crippen LogP contribution in [0.3, 0.4) is 0 Å². The number of hydrogen-bond acceptors (Lipinski definition) is 3. The zero-order valence-corrected chi connectivity index (χ0v) is 10.7. The second kappa shape index (κ2) is 4.72. The van der Waals surface area contributed by atoms with Crippen molar-refractivity contribution in [1.29, 1.82) is 0 Å². The molecule has 2 fully saturated rings. The second-order valence-electron chi connectivity index (χ2n) is 4.82. The molecule has 0 aromatic heterocycles. The number of hydrogen-bond donors (Lipinski definition) is 1. The Morgan fingerprint density at radius 2 is 2.33 bits per heavy atom. The van der Waals surface area contributed by atoms with E-state index in [9.17, 15) is 0 Å². The Bertz CT molecular complexity index is 248. The second-order valence-corrected chi connectivity index (χ2v) is 7.38. The monoisotopic (exact) mass is 241 g/mol. The van der Waals surface area contributed by atoms with Crippen molar-refractivity contribution in [2.24, 2.45) is 11.8 Å². The van der Waals surface area contributed by atoms with E-state index in [0.717, 1.165) is 23.1 Å². The van der Waals surface area contributed by atoms with Gasteiger partial charge in [-0.15, -0.1) is 0 Å². The fourth-order valence-corrected chi connectivity index (χ4v) is 5.51. The van der Waals surface area contributed by atoms with E-state index >= 15 is 0 Å². The predicted molar refractivity (Wildman–Crippen MR) is 70.7 cm³/mol. The van der Waals surface area contributed by atoms with Crippen molar-refractivity contribution >= 4 is 23.5 Å². The minimum absolute atomic E-state index is 0.807. The number of fused-ring (bicyclic) bond motifs is 1. The van der Waals surface area contributed by atoms with Crippen molar-refractivity contribution in [3.63, 3.8) is 0 Å². The molecule has 3 heteroatoms. The average molecular weight is 241 g/mol. The molecule has 1 heterocycles. The van der Waals surface area contributed by atoms with Crippen LogP contribution in [0.2, 0.25) is 0 Å². The van der Waals surface area contributed by atoms with Crippen LogP contribution in [0, 0.1) is 11.8 Å². The Labute approximate surface area is 101 Å². The van der Waals surface area contributed by atoms with Crippen molar-refractivity contribution in [3.8, 4) is 0 Å². The summed E-state index contributed by atoms with van der Waals surface area (Å²) in [6.45, 7) is 1.24. The van der Waals surface area contributed by atoms with Crippen molar-refractivity contribution in [2.45, 2.75) is 24.1 Å². The highest BCUT2D eigenvalue weighted by molar-refractivity contribution is 8.06. The Morgan fingerprint density at radius 3 is 3.13 bits per heavy atom. The van der Waals surface area contributed by atoms with Gasteiger partial charge in [0.05, 0.1) is 0 Å². The molecule has 1 saturated heterocycles. The highest BCUT2D eigenvalue weighted by atomic mass is 32.2. The fraction of sp³-hybridized carbons (Fsp3) is 0.833. The van der Waals surface area contributed by atoms with Crippen LogP contribution >= 0.6 is 23.5 Å². The first kappa shape index (κ1) is 10.5. The molecule has 3 aliphatic rings. The summed E-state index contributed by atoms with van der Waals surface area (Å²) in [6.07, 6.45) is 7.58. The Hall–Kier alpha value is 0.400. The normalized spacial score (nSPS) is 43.7. The van der Waals surface area contributed by atoms with Gasteiger partial charge in [-0.3, -0.25) is 0 Å². The topological polar surface area (TPSA) is 12.0 Å². The molecule has 4 atom stereocenters. The molecule has 0 amide bonds. The lowest BCUT2D eigenvalue weighted by Crippen LogP contribution is -2.50. The van der Waals surface area contributed by atoms with E-state index in [4.69, 9.17) is 0 Å². The summed E-state index contributed by atoms with van der Waals surface area (Å²) in [6, 6.07) is 0.807. The van der Waals surface area contributed by atoms with Crippen molar-refractivity contribution in [3.05, 3.63) is 12.2 Å². The number of nitrogens with one attached hydrogen (secondary N) is 1. The first-order chi connectivity index (χ1) is 7.43. The lowest BCUT2D eigenvalue weighted by molar-refractivity contribution is 0.164. The number of rotatable bonds is 3. The van der Waals surface area contributed by atoms with Gasteiger partial charge in [0.2, 0.25) is 0 Å². The predicted octanol–water partition coefficient (Wildman–Crippen LogP) is 2.39. The number of allylic oxidation sites excluding steroid dienone is 1. The maximum Gasteiger partial charge on any atom is 0.0263 e. The van der Waals surface area contributed by atoms with Crippen molar-refractivity contribution < 1.29 is 0 Å². The summed E-state index contributed by atoms with van der Waals surface area (Å²) < 4.78 is 0. The minimum atomic E-state index is 0.807. The third-order valence-electron chi connectivity index (χ3n) is 3.86. The quantitative estimate of drug-likeness (QED) is 0.762. The molecule has 3 rings (SSSR count). The summed E-state index contributed by atoms with van der Waals surface area (Å²) in [5.41, 5.74) is 0. The minimum Gasteiger partial charge on any atom is -0.312 e. The molecule has 0 bridgehead atoms. The molecule has 2 aliphatic carbocycles. The van der Waals surface area contributed by atoms with E-state index in [0.29, 0.717) is 0 Å². The molecule has 1 saturated carbocycles. The Balaban J connectivity index is 1.41. The summed E-state index contributed by atoms with van der Waals surface area (Å²) in [5.74, 6) is 5.95. The van der Waals surface area contributed by atoms with Crippen LogP contribution in [0.25, 0.3) is 0 Å². The summed E-state index contributed by atoms with van der Waals surface area (Å²) in [7, 11) is 0. The van der Waals surface area contributed by atoms with Gasteiger partial charge in [0, 0.05) is 35.1 Å². The molecule has 0 aromatic carbocycles. The van der Waals surface area contributed by atoms with E-state index in [1.807, 2.05) is 0 Å². The van der Waals surface area contributed by atoms with Gasteiger partial charge in [-0.25, -0.2) is 0 Å². The SMILES string of the molecule is C1=CC2C(C1)CC2NCC1CSCCS1. The van der Waals surface area contributed by atoms with Crippen LogP contribution < -0.4 is 5.32 Å². The van der Waals surface area contributed by atoms with Gasteiger partial charge in [0.15, 0.2) is 0 Å². The summed E-state index contributed by atoms with van der Waals surface area (Å²) >= 11 is 4.29. The van der Waals surface area contributed by atoms with Crippen LogP contribution in [0.15, 0.2) is 12.2 Å².